The summed E-state index contributed by atoms with van der Waals surface area (Å²) in [5.74, 6) is 0.781. The number of fused-ring (bicyclic) bond motifs is 2. The second kappa shape index (κ2) is 20.1. The molecular formula is C52H68N8O8. The van der Waals surface area contributed by atoms with Crippen LogP contribution in [0.4, 0.5) is 23.0 Å². The summed E-state index contributed by atoms with van der Waals surface area (Å²) < 4.78 is 24.8. The number of rotatable bonds is 14. The number of hydrogen-bond donors (Lipinski definition) is 3. The lowest BCUT2D eigenvalue weighted by Crippen LogP contribution is -2.54. The molecule has 5 aliphatic rings. The number of phenolic OH excluding ortho intramolecular Hbond substituents is 1. The van der Waals surface area contributed by atoms with Crippen LogP contribution in [0.1, 0.15) is 117 Å². The molecule has 0 amide bonds. The monoisotopic (exact) mass is 933 g/mol. The number of ketones is 1. The Bertz CT molecular complexity index is 2420. The minimum atomic E-state index is -0.671. The summed E-state index contributed by atoms with van der Waals surface area (Å²) in [6.07, 6.45) is 11.8. The Balaban J connectivity index is 0.733. The number of aromatic hydroxyl groups is 1. The van der Waals surface area contributed by atoms with Gasteiger partial charge in [0.1, 0.15) is 29.0 Å². The van der Waals surface area contributed by atoms with Crippen molar-refractivity contribution in [2.24, 2.45) is 11.8 Å². The predicted octanol–water partition coefficient (Wildman–Crippen LogP) is 7.79. The van der Waals surface area contributed by atoms with Gasteiger partial charge < -0.3 is 49.4 Å². The van der Waals surface area contributed by atoms with Crippen LogP contribution in [0.15, 0.2) is 70.9 Å². The van der Waals surface area contributed by atoms with Crippen LogP contribution in [0, 0.1) is 11.8 Å². The number of phenols is 1. The maximum Gasteiger partial charge on any atom is 0.313 e. The number of pyridine rings is 1. The molecule has 364 valence electrons. The number of aromatic nitrogens is 4. The average molecular weight is 933 g/mol. The third-order valence-corrected chi connectivity index (χ3v) is 14.4. The molecule has 9 rings (SSSR count). The fraction of sp³-hybridized carbons (Fsp3) is 0.577. The van der Waals surface area contributed by atoms with Crippen LogP contribution in [-0.4, -0.2) is 111 Å². The van der Waals surface area contributed by atoms with E-state index < -0.39 is 29.5 Å². The number of nitrogens with two attached hydrogens (primary N) is 1. The smallest absolute Gasteiger partial charge is 0.313 e. The largest absolute Gasteiger partial charge is 0.507 e. The van der Waals surface area contributed by atoms with Gasteiger partial charge in [0.15, 0.2) is 11.6 Å². The molecule has 0 spiro atoms. The van der Waals surface area contributed by atoms with Crippen molar-refractivity contribution in [2.45, 2.75) is 153 Å². The number of nitrogen functional groups attached to an aromatic ring is 1. The van der Waals surface area contributed by atoms with Crippen LogP contribution in [0.5, 0.6) is 11.6 Å². The van der Waals surface area contributed by atoms with Crippen LogP contribution in [-0.2, 0) is 19.1 Å². The first kappa shape index (κ1) is 47.3. The van der Waals surface area contributed by atoms with Crippen molar-refractivity contribution in [3.63, 3.8) is 0 Å². The number of piperazine rings is 1. The molecule has 4 N–H and O–H groups in total. The predicted molar refractivity (Wildman–Crippen MR) is 259 cm³/mol. The van der Waals surface area contributed by atoms with Crippen molar-refractivity contribution < 1.29 is 38.5 Å². The Kier molecular flexibility index (Phi) is 14.0. The maximum absolute atomic E-state index is 13.9. The first-order chi connectivity index (χ1) is 32.7. The lowest BCUT2D eigenvalue weighted by Gasteiger charge is -2.43. The molecule has 3 aliphatic heterocycles. The minimum Gasteiger partial charge on any atom is -0.507 e. The van der Waals surface area contributed by atoms with E-state index in [1.54, 1.807) is 12.1 Å². The number of hydrogen-bond acceptors (Lipinski definition) is 16. The molecule has 68 heavy (non-hydrogen) atoms. The Morgan fingerprint density at radius 3 is 2.31 bits per heavy atom. The van der Waals surface area contributed by atoms with Gasteiger partial charge in [0, 0.05) is 74.3 Å². The molecule has 4 aromatic rings. The van der Waals surface area contributed by atoms with Crippen molar-refractivity contribution >= 4 is 34.8 Å². The highest BCUT2D eigenvalue weighted by molar-refractivity contribution is 5.89. The zero-order valence-corrected chi connectivity index (χ0v) is 40.1. The van der Waals surface area contributed by atoms with Crippen molar-refractivity contribution in [3.8, 4) is 22.9 Å². The zero-order valence-electron chi connectivity index (χ0n) is 40.1. The number of aliphatic hydroxyl groups is 1. The van der Waals surface area contributed by atoms with Crippen molar-refractivity contribution in [1.82, 2.24) is 20.3 Å². The lowest BCUT2D eigenvalue weighted by atomic mass is 9.79. The normalized spacial score (nSPS) is 25.0. The molecule has 3 unspecified atom stereocenters. The Morgan fingerprint density at radius 2 is 1.60 bits per heavy atom. The van der Waals surface area contributed by atoms with Crippen LogP contribution >= 0.6 is 0 Å². The topological polar surface area (TPSA) is 203 Å². The molecule has 3 saturated heterocycles. The van der Waals surface area contributed by atoms with E-state index in [0.717, 1.165) is 94.7 Å². The van der Waals surface area contributed by atoms with E-state index in [1.165, 1.54) is 0 Å². The summed E-state index contributed by atoms with van der Waals surface area (Å²) in [4.78, 5) is 38.7. The number of anilines is 4. The van der Waals surface area contributed by atoms with Crippen molar-refractivity contribution in [3.05, 3.63) is 72.1 Å². The van der Waals surface area contributed by atoms with E-state index in [2.05, 4.69) is 47.2 Å². The first-order valence-electron chi connectivity index (χ1n) is 24.7. The van der Waals surface area contributed by atoms with Crippen LogP contribution in [0.2, 0.25) is 0 Å². The molecule has 6 heterocycles. The van der Waals surface area contributed by atoms with Crippen LogP contribution < -0.4 is 25.2 Å². The Hall–Kier alpha value is -5.74. The van der Waals surface area contributed by atoms with E-state index in [1.807, 2.05) is 71.2 Å². The molecule has 16 nitrogen and oxygen atoms in total. The van der Waals surface area contributed by atoms with Crippen LogP contribution in [0.3, 0.4) is 0 Å². The van der Waals surface area contributed by atoms with E-state index in [0.29, 0.717) is 52.8 Å². The summed E-state index contributed by atoms with van der Waals surface area (Å²) in [5.41, 5.74) is 9.62. The quantitative estimate of drug-likeness (QED) is 0.0816. The molecule has 3 aromatic heterocycles. The number of carbonyl (C=O) groups is 2. The Morgan fingerprint density at radius 1 is 0.897 bits per heavy atom. The fourth-order valence-electron chi connectivity index (χ4n) is 11.1. The van der Waals surface area contributed by atoms with Gasteiger partial charge in [-0.05, 0) is 115 Å². The molecule has 0 radical (unpaired) electrons. The number of carbonyl (C=O) groups excluding carboxylic acids is 2. The zero-order chi connectivity index (χ0) is 47.7. The van der Waals surface area contributed by atoms with E-state index in [-0.39, 0.29) is 48.6 Å². The summed E-state index contributed by atoms with van der Waals surface area (Å²) in [6, 6.07) is 15.8. The van der Waals surface area contributed by atoms with Gasteiger partial charge in [-0.3, -0.25) is 9.59 Å². The van der Waals surface area contributed by atoms with Gasteiger partial charge in [0.2, 0.25) is 5.88 Å². The molecule has 2 aliphatic carbocycles. The van der Waals surface area contributed by atoms with Gasteiger partial charge in [0.05, 0.1) is 41.5 Å². The van der Waals surface area contributed by atoms with Gasteiger partial charge in [-0.2, -0.15) is 0 Å². The standard InChI is InChI=1S/C52H68N8O8/c1-31(2)49(45(63)24-32-10-13-36(61)26-41(32)51(64)67-52(3,4)5)46-28-47(57-68-46)58-22-19-39(20-23-58)65-37-14-16-38(17-15-37)66-48-25-33(18-21-54-48)60-34-11-12-35(60)30-59(29-34)43-27-42(55-56-50(43)53)40-8-6-7-9-44(40)62/h6-10,18,21,25,27-28,31,34-39,41,49,61-62H,11-17,19-20,22-24,26,29-30H2,1-5H3,(H2,53,56)/t34?,35?,36-,37?,38?,41+,49?/m0/s1. The van der Waals surface area contributed by atoms with E-state index in [9.17, 15) is 19.8 Å². The number of esters is 1. The van der Waals surface area contributed by atoms with Gasteiger partial charge >= 0.3 is 5.97 Å². The number of Topliss-reactive ketones (excluding diaryl/α,β-unsaturated/α-hetero) is 1. The van der Waals surface area contributed by atoms with E-state index >= 15 is 0 Å². The van der Waals surface area contributed by atoms with Crippen molar-refractivity contribution in [1.29, 1.82) is 0 Å². The average Bonchev–Trinajstić information content (AvgIpc) is 3.89. The first-order valence-corrected chi connectivity index (χ1v) is 24.7. The number of ether oxygens (including phenoxy) is 3. The summed E-state index contributed by atoms with van der Waals surface area (Å²) in [7, 11) is 0. The molecule has 16 heteroatoms. The third-order valence-electron chi connectivity index (χ3n) is 14.4. The highest BCUT2D eigenvalue weighted by Crippen LogP contribution is 2.41. The SMILES string of the molecule is CC(C)C(C(=O)CC1=CC[C@H](O)C[C@H]1C(=O)OC(C)(C)C)c1cc(N2CCC(OC3CCC(Oc4cc(N5C6CCC5CN(c5cc(-c7ccccc7O)nnc5N)C6)ccn4)CC3)CC2)no1. The molecule has 1 saturated carbocycles. The highest BCUT2D eigenvalue weighted by Gasteiger charge is 2.42. The second-order valence-corrected chi connectivity index (χ2v) is 20.8. The second-order valence-electron chi connectivity index (χ2n) is 20.8. The molecular weight excluding hydrogens is 865 g/mol. The van der Waals surface area contributed by atoms with Gasteiger partial charge in [-0.1, -0.05) is 42.8 Å². The maximum atomic E-state index is 13.9. The number of piperidine rings is 1. The minimum absolute atomic E-state index is 0.0398. The van der Waals surface area contributed by atoms with Gasteiger partial charge in [-0.15, -0.1) is 10.2 Å². The molecule has 5 atom stereocenters. The lowest BCUT2D eigenvalue weighted by molar-refractivity contribution is -0.159. The van der Waals surface area contributed by atoms with Crippen molar-refractivity contribution in [2.75, 3.05) is 46.6 Å². The molecule has 2 bridgehead atoms. The number of nitrogens with zero attached hydrogens (tertiary/aromatic N) is 7. The van der Waals surface area contributed by atoms with E-state index in [4.69, 9.17) is 24.5 Å². The van der Waals surface area contributed by atoms with Gasteiger partial charge in [0.25, 0.3) is 0 Å². The summed E-state index contributed by atoms with van der Waals surface area (Å²) in [5, 5.41) is 33.8. The number of aliphatic hydroxyl groups excluding tert-OH is 1. The molecule has 4 fully saturated rings. The van der Waals surface area contributed by atoms with Gasteiger partial charge in [-0.25, -0.2) is 4.98 Å². The molecule has 1 aromatic carbocycles. The number of benzene rings is 1. The number of para-hydroxylation sites is 1. The summed E-state index contributed by atoms with van der Waals surface area (Å²) in [6.45, 7) is 12.6. The Labute approximate surface area is 399 Å². The third kappa shape index (κ3) is 10.8. The fourth-order valence-corrected chi connectivity index (χ4v) is 11.1. The van der Waals surface area contributed by atoms with Crippen LogP contribution in [0.25, 0.3) is 11.3 Å². The highest BCUT2D eigenvalue weighted by atomic mass is 16.6. The summed E-state index contributed by atoms with van der Waals surface area (Å²) >= 11 is 0.